The van der Waals surface area contributed by atoms with Gasteiger partial charge in [-0.25, -0.2) is 9.97 Å². The summed E-state index contributed by atoms with van der Waals surface area (Å²) in [5, 5.41) is 1.24. The maximum atomic E-state index is 6.05. The second-order valence-corrected chi connectivity index (χ2v) is 5.82. The Bertz CT molecular complexity index is 551. The lowest BCUT2D eigenvalue weighted by molar-refractivity contribution is 0.631. The first-order valence-electron chi connectivity index (χ1n) is 6.29. The summed E-state index contributed by atoms with van der Waals surface area (Å²) in [5.74, 6) is 1.31. The fourth-order valence-electron chi connectivity index (χ4n) is 1.90. The van der Waals surface area contributed by atoms with Crippen LogP contribution < -0.4 is 0 Å². The van der Waals surface area contributed by atoms with Gasteiger partial charge in [0.2, 0.25) is 0 Å². The van der Waals surface area contributed by atoms with Gasteiger partial charge < -0.3 is 0 Å². The fourth-order valence-corrected chi connectivity index (χ4v) is 2.25. The number of hydrogen-bond donors (Lipinski definition) is 0. The lowest BCUT2D eigenvalue weighted by atomic mass is 10.1. The molecular formula is C15H16Cl2N2. The van der Waals surface area contributed by atoms with E-state index in [9.17, 15) is 0 Å². The topological polar surface area (TPSA) is 25.8 Å². The molecule has 2 aromatic rings. The molecule has 1 aromatic heterocycles. The molecule has 2 nitrogen and oxygen atoms in total. The Balaban J connectivity index is 2.19. The molecule has 2 rings (SSSR count). The van der Waals surface area contributed by atoms with E-state index in [0.29, 0.717) is 17.5 Å². The van der Waals surface area contributed by atoms with E-state index in [4.69, 9.17) is 23.2 Å². The van der Waals surface area contributed by atoms with Gasteiger partial charge in [-0.3, -0.25) is 0 Å². The van der Waals surface area contributed by atoms with Crippen molar-refractivity contribution in [3.8, 4) is 0 Å². The van der Waals surface area contributed by atoms with Crippen LogP contribution in [0.1, 0.15) is 30.9 Å². The molecule has 100 valence electrons. The van der Waals surface area contributed by atoms with Gasteiger partial charge in [-0.05, 0) is 36.1 Å². The molecule has 0 aliphatic heterocycles. The predicted molar refractivity (Wildman–Crippen MR) is 79.8 cm³/mol. The Morgan fingerprint density at radius 3 is 2.37 bits per heavy atom. The van der Waals surface area contributed by atoms with Gasteiger partial charge in [0.05, 0.1) is 0 Å². The zero-order valence-electron chi connectivity index (χ0n) is 11.0. The number of rotatable bonds is 4. The minimum atomic E-state index is 0.509. The number of halogens is 2. The van der Waals surface area contributed by atoms with Crippen molar-refractivity contribution >= 4 is 23.2 Å². The van der Waals surface area contributed by atoms with Crippen LogP contribution in [0.3, 0.4) is 0 Å². The van der Waals surface area contributed by atoms with E-state index in [1.165, 1.54) is 0 Å². The van der Waals surface area contributed by atoms with Crippen molar-refractivity contribution in [2.45, 2.75) is 26.7 Å². The summed E-state index contributed by atoms with van der Waals surface area (Å²) in [6, 6.07) is 9.54. The van der Waals surface area contributed by atoms with Gasteiger partial charge in [0.25, 0.3) is 0 Å². The smallest absolute Gasteiger partial charge is 0.134 e. The number of hydrogen-bond acceptors (Lipinski definition) is 2. The first-order chi connectivity index (χ1) is 9.02. The summed E-state index contributed by atoms with van der Waals surface area (Å²) in [6.45, 7) is 4.32. The standard InChI is InChI=1S/C15H16Cl2N2/c1-10(2)7-13-9-14(17)19-15(18-13)8-11-3-5-12(16)6-4-11/h3-6,9-10H,7-8H2,1-2H3. The minimum absolute atomic E-state index is 0.509. The third kappa shape index (κ3) is 4.48. The highest BCUT2D eigenvalue weighted by atomic mass is 35.5. The van der Waals surface area contributed by atoms with Gasteiger partial charge in [-0.1, -0.05) is 49.2 Å². The summed E-state index contributed by atoms with van der Waals surface area (Å²) in [4.78, 5) is 8.84. The molecule has 0 atom stereocenters. The van der Waals surface area contributed by atoms with Crippen molar-refractivity contribution in [3.63, 3.8) is 0 Å². The summed E-state index contributed by atoms with van der Waals surface area (Å²) in [5.41, 5.74) is 2.13. The molecule has 0 spiro atoms. The zero-order valence-corrected chi connectivity index (χ0v) is 12.5. The lowest BCUT2D eigenvalue weighted by Crippen LogP contribution is -2.03. The van der Waals surface area contributed by atoms with E-state index in [1.54, 1.807) is 0 Å². The Labute approximate surface area is 123 Å². The molecule has 1 heterocycles. The third-order valence-electron chi connectivity index (χ3n) is 2.69. The molecule has 4 heteroatoms. The second kappa shape index (κ2) is 6.36. The highest BCUT2D eigenvalue weighted by molar-refractivity contribution is 6.30. The van der Waals surface area contributed by atoms with Gasteiger partial charge in [-0.15, -0.1) is 0 Å². The minimum Gasteiger partial charge on any atom is -0.237 e. The van der Waals surface area contributed by atoms with Crippen LogP contribution in [0.15, 0.2) is 30.3 Å². The summed E-state index contributed by atoms with van der Waals surface area (Å²) in [6.07, 6.45) is 1.58. The van der Waals surface area contributed by atoms with E-state index < -0.39 is 0 Å². The van der Waals surface area contributed by atoms with Crippen molar-refractivity contribution < 1.29 is 0 Å². The molecule has 0 N–H and O–H groups in total. The monoisotopic (exact) mass is 294 g/mol. The van der Waals surface area contributed by atoms with E-state index in [-0.39, 0.29) is 0 Å². The second-order valence-electron chi connectivity index (χ2n) is 5.00. The highest BCUT2D eigenvalue weighted by Crippen LogP contribution is 2.15. The molecule has 1 aromatic carbocycles. The van der Waals surface area contributed by atoms with Crippen LogP contribution in [-0.4, -0.2) is 9.97 Å². The van der Waals surface area contributed by atoms with Crippen molar-refractivity contribution in [1.82, 2.24) is 9.97 Å². The molecule has 0 amide bonds. The molecule has 0 aliphatic carbocycles. The van der Waals surface area contributed by atoms with Crippen LogP contribution in [0.4, 0.5) is 0 Å². The first-order valence-corrected chi connectivity index (χ1v) is 7.05. The molecule has 0 fully saturated rings. The number of nitrogens with zero attached hydrogens (tertiary/aromatic N) is 2. The Kier molecular flexibility index (Phi) is 4.78. The third-order valence-corrected chi connectivity index (χ3v) is 3.13. The number of benzene rings is 1. The Hall–Kier alpha value is -1.12. The molecule has 19 heavy (non-hydrogen) atoms. The Morgan fingerprint density at radius 1 is 1.05 bits per heavy atom. The molecule has 0 aliphatic rings. The summed E-state index contributed by atoms with van der Waals surface area (Å²) >= 11 is 11.9. The van der Waals surface area contributed by atoms with Crippen LogP contribution in [0, 0.1) is 5.92 Å². The van der Waals surface area contributed by atoms with Crippen molar-refractivity contribution in [3.05, 3.63) is 57.6 Å². The molecular weight excluding hydrogens is 279 g/mol. The summed E-state index contributed by atoms with van der Waals surface area (Å²) < 4.78 is 0. The van der Waals surface area contributed by atoms with E-state index in [0.717, 1.165) is 28.5 Å². The predicted octanol–water partition coefficient (Wildman–Crippen LogP) is 4.57. The molecule has 0 radical (unpaired) electrons. The van der Waals surface area contributed by atoms with Gasteiger partial charge in [0.15, 0.2) is 0 Å². The van der Waals surface area contributed by atoms with Crippen LogP contribution in [0.5, 0.6) is 0 Å². The average molecular weight is 295 g/mol. The summed E-state index contributed by atoms with van der Waals surface area (Å²) in [7, 11) is 0. The largest absolute Gasteiger partial charge is 0.237 e. The number of aromatic nitrogens is 2. The van der Waals surface area contributed by atoms with Crippen LogP contribution >= 0.6 is 23.2 Å². The van der Waals surface area contributed by atoms with Crippen LogP contribution in [0.2, 0.25) is 10.2 Å². The van der Waals surface area contributed by atoms with Crippen molar-refractivity contribution in [2.24, 2.45) is 5.92 Å². The van der Waals surface area contributed by atoms with Gasteiger partial charge in [-0.2, -0.15) is 0 Å². The molecule has 0 unspecified atom stereocenters. The lowest BCUT2D eigenvalue weighted by Gasteiger charge is -2.07. The van der Waals surface area contributed by atoms with Gasteiger partial charge >= 0.3 is 0 Å². The quantitative estimate of drug-likeness (QED) is 0.772. The van der Waals surface area contributed by atoms with E-state index in [1.807, 2.05) is 30.3 Å². The Morgan fingerprint density at radius 2 is 1.74 bits per heavy atom. The zero-order chi connectivity index (χ0) is 13.8. The van der Waals surface area contributed by atoms with Crippen molar-refractivity contribution in [2.75, 3.05) is 0 Å². The van der Waals surface area contributed by atoms with E-state index >= 15 is 0 Å². The maximum Gasteiger partial charge on any atom is 0.134 e. The highest BCUT2D eigenvalue weighted by Gasteiger charge is 2.06. The van der Waals surface area contributed by atoms with E-state index in [2.05, 4.69) is 23.8 Å². The maximum absolute atomic E-state index is 6.05. The molecule has 0 saturated heterocycles. The SMILES string of the molecule is CC(C)Cc1cc(Cl)nc(Cc2ccc(Cl)cc2)n1. The normalized spacial score (nSPS) is 11.0. The first kappa shape index (κ1) is 14.3. The van der Waals surface area contributed by atoms with Crippen molar-refractivity contribution in [1.29, 1.82) is 0 Å². The van der Waals surface area contributed by atoms with Gasteiger partial charge in [0.1, 0.15) is 11.0 Å². The van der Waals surface area contributed by atoms with Crippen LogP contribution in [0.25, 0.3) is 0 Å². The van der Waals surface area contributed by atoms with Gasteiger partial charge in [0, 0.05) is 17.1 Å². The average Bonchev–Trinajstić information content (AvgIpc) is 2.30. The van der Waals surface area contributed by atoms with Crippen LogP contribution in [-0.2, 0) is 12.8 Å². The molecule has 0 bridgehead atoms. The molecule has 0 saturated carbocycles. The fraction of sp³-hybridized carbons (Fsp3) is 0.333.